The predicted molar refractivity (Wildman–Crippen MR) is 81.3 cm³/mol. The van der Waals surface area contributed by atoms with E-state index in [4.69, 9.17) is 4.74 Å². The predicted octanol–water partition coefficient (Wildman–Crippen LogP) is 3.35. The highest BCUT2D eigenvalue weighted by atomic mass is 32.1. The lowest BCUT2D eigenvalue weighted by Crippen LogP contribution is -2.22. The Morgan fingerprint density at radius 2 is 2.05 bits per heavy atom. The fourth-order valence-electron chi connectivity index (χ4n) is 1.71. The lowest BCUT2D eigenvalue weighted by atomic mass is 10.2. The van der Waals surface area contributed by atoms with Crippen LogP contribution in [0, 0.1) is 0 Å². The first-order valence-electron chi connectivity index (χ1n) is 6.61. The van der Waals surface area contributed by atoms with Crippen molar-refractivity contribution in [2.24, 2.45) is 0 Å². The summed E-state index contributed by atoms with van der Waals surface area (Å²) in [5, 5.41) is 5.35. The molecule has 0 aliphatic heterocycles. The molecule has 20 heavy (non-hydrogen) atoms. The second-order valence-electron chi connectivity index (χ2n) is 4.59. The van der Waals surface area contributed by atoms with Crippen LogP contribution in [0.4, 0.5) is 0 Å². The van der Waals surface area contributed by atoms with E-state index in [9.17, 15) is 4.79 Å². The number of hydrogen-bond donors (Lipinski definition) is 1. The van der Waals surface area contributed by atoms with Crippen molar-refractivity contribution in [3.05, 3.63) is 35.3 Å². The number of aromatic nitrogens is 1. The van der Waals surface area contributed by atoms with Gasteiger partial charge < -0.3 is 10.1 Å². The van der Waals surface area contributed by atoms with E-state index in [0.29, 0.717) is 12.2 Å². The summed E-state index contributed by atoms with van der Waals surface area (Å²) < 4.78 is 5.60. The molecule has 0 bridgehead atoms. The molecule has 4 nitrogen and oxygen atoms in total. The second-order valence-corrected chi connectivity index (χ2v) is 5.45. The fourth-order valence-corrected chi connectivity index (χ4v) is 2.52. The molecule has 1 amide bonds. The highest BCUT2D eigenvalue weighted by molar-refractivity contribution is 7.13. The number of amides is 1. The molecule has 0 saturated heterocycles. The van der Waals surface area contributed by atoms with Crippen molar-refractivity contribution < 1.29 is 9.53 Å². The Morgan fingerprint density at radius 1 is 1.35 bits per heavy atom. The van der Waals surface area contributed by atoms with Crippen molar-refractivity contribution in [3.8, 4) is 16.3 Å². The number of thiazole rings is 1. The number of hydrogen-bond acceptors (Lipinski definition) is 4. The minimum absolute atomic E-state index is 0.130. The van der Waals surface area contributed by atoms with E-state index in [1.807, 2.05) is 45.0 Å². The van der Waals surface area contributed by atoms with Gasteiger partial charge in [0.15, 0.2) is 0 Å². The smallest absolute Gasteiger partial charge is 0.270 e. The molecule has 1 aromatic heterocycles. The maximum absolute atomic E-state index is 11.7. The van der Waals surface area contributed by atoms with Crippen molar-refractivity contribution in [1.82, 2.24) is 10.3 Å². The summed E-state index contributed by atoms with van der Waals surface area (Å²) in [6, 6.07) is 7.75. The first-order valence-corrected chi connectivity index (χ1v) is 7.49. The van der Waals surface area contributed by atoms with Crippen molar-refractivity contribution in [2.75, 3.05) is 6.54 Å². The second kappa shape index (κ2) is 6.52. The molecular formula is C15H18N2O2S. The van der Waals surface area contributed by atoms with Crippen LogP contribution in [0.3, 0.4) is 0 Å². The van der Waals surface area contributed by atoms with Crippen LogP contribution in [-0.4, -0.2) is 23.5 Å². The highest BCUT2D eigenvalue weighted by Gasteiger charge is 2.11. The van der Waals surface area contributed by atoms with Gasteiger partial charge in [0, 0.05) is 17.5 Å². The number of nitrogens with zero attached hydrogens (tertiary/aromatic N) is 1. The van der Waals surface area contributed by atoms with Gasteiger partial charge in [0.05, 0.1) is 6.10 Å². The number of nitrogens with one attached hydrogen (secondary N) is 1. The van der Waals surface area contributed by atoms with Crippen LogP contribution in [0.15, 0.2) is 29.6 Å². The number of ether oxygens (including phenoxy) is 1. The molecule has 5 heteroatoms. The third-order valence-electron chi connectivity index (χ3n) is 2.55. The van der Waals surface area contributed by atoms with Crippen molar-refractivity contribution in [3.63, 3.8) is 0 Å². The molecule has 2 aromatic rings. The third-order valence-corrected chi connectivity index (χ3v) is 3.44. The molecular weight excluding hydrogens is 272 g/mol. The summed E-state index contributed by atoms with van der Waals surface area (Å²) in [6.07, 6.45) is 0.157. The first kappa shape index (κ1) is 14.5. The molecule has 1 aromatic carbocycles. The Bertz CT molecular complexity index is 576. The third kappa shape index (κ3) is 3.57. The molecule has 1 N–H and O–H groups in total. The number of carbonyl (C=O) groups is 1. The summed E-state index contributed by atoms with van der Waals surface area (Å²) in [5.74, 6) is 0.707. The van der Waals surface area contributed by atoms with Gasteiger partial charge in [-0.1, -0.05) is 0 Å². The molecule has 1 heterocycles. The average Bonchev–Trinajstić information content (AvgIpc) is 2.89. The van der Waals surface area contributed by atoms with Gasteiger partial charge in [-0.3, -0.25) is 4.79 Å². The molecule has 0 unspecified atom stereocenters. The Balaban J connectivity index is 2.14. The molecule has 0 radical (unpaired) electrons. The molecule has 0 aliphatic rings. The zero-order valence-electron chi connectivity index (χ0n) is 11.8. The van der Waals surface area contributed by atoms with Crippen molar-refractivity contribution >= 4 is 17.2 Å². The molecule has 0 saturated carbocycles. The first-order chi connectivity index (χ1) is 9.60. The van der Waals surface area contributed by atoms with E-state index in [-0.39, 0.29) is 12.0 Å². The quantitative estimate of drug-likeness (QED) is 0.918. The monoisotopic (exact) mass is 290 g/mol. The molecule has 0 spiro atoms. The minimum atomic E-state index is -0.130. The fraction of sp³-hybridized carbons (Fsp3) is 0.333. The minimum Gasteiger partial charge on any atom is -0.491 e. The SMILES string of the molecule is CCNC(=O)c1csc(-c2ccc(OC(C)C)cc2)n1. The topological polar surface area (TPSA) is 51.2 Å². The van der Waals surface area contributed by atoms with E-state index >= 15 is 0 Å². The molecule has 0 fully saturated rings. The summed E-state index contributed by atoms with van der Waals surface area (Å²) in [4.78, 5) is 16.0. The van der Waals surface area contributed by atoms with Gasteiger partial charge in [0.2, 0.25) is 0 Å². The van der Waals surface area contributed by atoms with Gasteiger partial charge in [0.1, 0.15) is 16.5 Å². The van der Waals surface area contributed by atoms with Crippen LogP contribution in [0.2, 0.25) is 0 Å². The van der Waals surface area contributed by atoms with E-state index in [0.717, 1.165) is 16.3 Å². The van der Waals surface area contributed by atoms with Crippen molar-refractivity contribution in [1.29, 1.82) is 0 Å². The molecule has 0 aliphatic carbocycles. The summed E-state index contributed by atoms with van der Waals surface area (Å²) in [7, 11) is 0. The van der Waals surface area contributed by atoms with E-state index in [2.05, 4.69) is 10.3 Å². The van der Waals surface area contributed by atoms with Crippen LogP contribution in [0.25, 0.3) is 10.6 Å². The van der Waals surface area contributed by atoms with E-state index in [1.165, 1.54) is 11.3 Å². The van der Waals surface area contributed by atoms with Crippen LogP contribution in [0.5, 0.6) is 5.75 Å². The van der Waals surface area contributed by atoms with Gasteiger partial charge in [0.25, 0.3) is 5.91 Å². The standard InChI is InChI=1S/C15H18N2O2S/c1-4-16-14(18)13-9-20-15(17-13)11-5-7-12(8-6-11)19-10(2)3/h5-10H,4H2,1-3H3,(H,16,18). The normalized spacial score (nSPS) is 10.6. The number of benzene rings is 1. The molecule has 0 atom stereocenters. The lowest BCUT2D eigenvalue weighted by Gasteiger charge is -2.09. The maximum Gasteiger partial charge on any atom is 0.270 e. The van der Waals surface area contributed by atoms with Gasteiger partial charge in [-0.25, -0.2) is 4.98 Å². The Hall–Kier alpha value is -1.88. The van der Waals surface area contributed by atoms with Crippen molar-refractivity contribution in [2.45, 2.75) is 26.9 Å². The lowest BCUT2D eigenvalue weighted by molar-refractivity contribution is 0.0951. The van der Waals surface area contributed by atoms with Crippen LogP contribution in [0.1, 0.15) is 31.3 Å². The Morgan fingerprint density at radius 3 is 2.65 bits per heavy atom. The largest absolute Gasteiger partial charge is 0.491 e. The van der Waals surface area contributed by atoms with E-state index < -0.39 is 0 Å². The zero-order chi connectivity index (χ0) is 14.5. The Kier molecular flexibility index (Phi) is 4.74. The van der Waals surface area contributed by atoms with Crippen LogP contribution in [-0.2, 0) is 0 Å². The Labute approximate surface area is 122 Å². The summed E-state index contributed by atoms with van der Waals surface area (Å²) in [6.45, 7) is 6.48. The maximum atomic E-state index is 11.7. The van der Waals surface area contributed by atoms with Gasteiger partial charge >= 0.3 is 0 Å². The summed E-state index contributed by atoms with van der Waals surface area (Å²) >= 11 is 1.46. The van der Waals surface area contributed by atoms with Gasteiger partial charge in [-0.15, -0.1) is 11.3 Å². The number of carbonyl (C=O) groups excluding carboxylic acids is 1. The highest BCUT2D eigenvalue weighted by Crippen LogP contribution is 2.26. The molecule has 106 valence electrons. The summed E-state index contributed by atoms with van der Waals surface area (Å²) in [5.41, 5.74) is 1.45. The zero-order valence-corrected chi connectivity index (χ0v) is 12.7. The molecule has 2 rings (SSSR count). The van der Waals surface area contributed by atoms with Gasteiger partial charge in [-0.05, 0) is 45.0 Å². The van der Waals surface area contributed by atoms with Crippen LogP contribution >= 0.6 is 11.3 Å². The van der Waals surface area contributed by atoms with Crippen LogP contribution < -0.4 is 10.1 Å². The number of rotatable bonds is 5. The van der Waals surface area contributed by atoms with Gasteiger partial charge in [-0.2, -0.15) is 0 Å². The van der Waals surface area contributed by atoms with E-state index in [1.54, 1.807) is 5.38 Å². The average molecular weight is 290 g/mol.